The van der Waals surface area contributed by atoms with Gasteiger partial charge in [0.1, 0.15) is 37.1 Å². The highest BCUT2D eigenvalue weighted by Crippen LogP contribution is 2.36. The molecule has 0 aliphatic carbocycles. The number of carbonyl (C=O) groups is 2. The van der Waals surface area contributed by atoms with E-state index in [1.165, 1.54) is 0 Å². The molecular formula is C28H31NO7. The molecule has 0 atom stereocenters. The second-order valence-corrected chi connectivity index (χ2v) is 7.92. The summed E-state index contributed by atoms with van der Waals surface area (Å²) < 4.78 is 27.6. The lowest BCUT2D eigenvalue weighted by molar-refractivity contribution is -0.140. The summed E-state index contributed by atoms with van der Waals surface area (Å²) in [4.78, 5) is 23.7. The van der Waals surface area contributed by atoms with Crippen molar-refractivity contribution in [3.05, 3.63) is 78.4 Å². The smallest absolute Gasteiger partial charge is 0.412 e. The molecule has 1 N–H and O–H groups in total. The van der Waals surface area contributed by atoms with Crippen molar-refractivity contribution in [2.45, 2.75) is 13.8 Å². The lowest BCUT2D eigenvalue weighted by Gasteiger charge is -2.16. The highest BCUT2D eigenvalue weighted by molar-refractivity contribution is 5.95. The molecule has 0 aliphatic heterocycles. The molecule has 3 aromatic rings. The minimum Gasteiger partial charge on any atom is -0.490 e. The Kier molecular flexibility index (Phi) is 10.1. The number of nitrogens with one attached hydrogen (secondary N) is 1. The monoisotopic (exact) mass is 493 g/mol. The molecule has 0 unspecified atom stereocenters. The molecule has 3 aromatic carbocycles. The molecule has 8 nitrogen and oxygen atoms in total. The lowest BCUT2D eigenvalue weighted by Crippen LogP contribution is -2.30. The molecule has 0 spiro atoms. The summed E-state index contributed by atoms with van der Waals surface area (Å²) in [6.07, 6.45) is -0.592. The Balaban J connectivity index is 1.49. The van der Waals surface area contributed by atoms with Gasteiger partial charge in [-0.05, 0) is 37.6 Å². The molecular weight excluding hydrogens is 462 g/mol. The van der Waals surface area contributed by atoms with Gasteiger partial charge < -0.3 is 29.0 Å². The highest BCUT2D eigenvalue weighted by atomic mass is 16.6. The van der Waals surface area contributed by atoms with E-state index in [1.54, 1.807) is 6.92 Å². The standard InChI is InChI=1S/C28H31NO7/c1-20(2)27(30)35-16-15-32-14-13-29-28(31)36-26-21(3)19-25(23-11-7-8-12-24(23)26)34-18-17-33-22-9-5-4-6-10-22/h4-12,19H,1,13-18H2,2-3H3,(H,29,31). The van der Waals surface area contributed by atoms with Gasteiger partial charge in [0.25, 0.3) is 0 Å². The van der Waals surface area contributed by atoms with Crippen LogP contribution in [-0.2, 0) is 14.3 Å². The third-order valence-electron chi connectivity index (χ3n) is 5.02. The molecule has 0 aromatic heterocycles. The second kappa shape index (κ2) is 13.7. The van der Waals surface area contributed by atoms with Crippen molar-refractivity contribution in [1.82, 2.24) is 5.32 Å². The van der Waals surface area contributed by atoms with E-state index < -0.39 is 12.1 Å². The van der Waals surface area contributed by atoms with Crippen LogP contribution in [0.2, 0.25) is 0 Å². The van der Waals surface area contributed by atoms with Crippen LogP contribution in [0, 0.1) is 6.92 Å². The first-order chi connectivity index (χ1) is 17.5. The van der Waals surface area contributed by atoms with Gasteiger partial charge in [0.05, 0.1) is 13.2 Å². The van der Waals surface area contributed by atoms with Crippen LogP contribution in [0.25, 0.3) is 10.8 Å². The highest BCUT2D eigenvalue weighted by Gasteiger charge is 2.15. The van der Waals surface area contributed by atoms with E-state index in [4.69, 9.17) is 23.7 Å². The quantitative estimate of drug-likeness (QED) is 0.207. The molecule has 0 saturated heterocycles. The van der Waals surface area contributed by atoms with E-state index >= 15 is 0 Å². The molecule has 0 radical (unpaired) electrons. The van der Waals surface area contributed by atoms with Crippen LogP contribution in [0.3, 0.4) is 0 Å². The average molecular weight is 494 g/mol. The van der Waals surface area contributed by atoms with E-state index in [1.807, 2.05) is 67.6 Å². The Morgan fingerprint density at radius 3 is 2.31 bits per heavy atom. The molecule has 0 fully saturated rings. The third kappa shape index (κ3) is 8.02. The average Bonchev–Trinajstić information content (AvgIpc) is 2.88. The van der Waals surface area contributed by atoms with Crippen LogP contribution >= 0.6 is 0 Å². The van der Waals surface area contributed by atoms with Crippen LogP contribution in [0.5, 0.6) is 17.2 Å². The molecule has 1 amide bonds. The van der Waals surface area contributed by atoms with Crippen molar-refractivity contribution in [3.8, 4) is 17.2 Å². The molecule has 8 heteroatoms. The summed E-state index contributed by atoms with van der Waals surface area (Å²) in [5, 5.41) is 4.25. The fourth-order valence-electron chi connectivity index (χ4n) is 3.30. The van der Waals surface area contributed by atoms with E-state index in [0.717, 1.165) is 22.1 Å². The molecule has 3 rings (SSSR count). The van der Waals surface area contributed by atoms with Crippen LogP contribution in [0.15, 0.2) is 72.8 Å². The second-order valence-electron chi connectivity index (χ2n) is 7.92. The summed E-state index contributed by atoms with van der Waals surface area (Å²) in [5.74, 6) is 1.48. The first-order valence-corrected chi connectivity index (χ1v) is 11.6. The maximum atomic E-state index is 12.4. The van der Waals surface area contributed by atoms with Gasteiger partial charge in [-0.3, -0.25) is 0 Å². The normalized spacial score (nSPS) is 10.5. The van der Waals surface area contributed by atoms with Gasteiger partial charge in [0, 0.05) is 22.9 Å². The first kappa shape index (κ1) is 26.6. The Morgan fingerprint density at radius 2 is 1.56 bits per heavy atom. The topological polar surface area (TPSA) is 92.3 Å². The maximum absolute atomic E-state index is 12.4. The van der Waals surface area contributed by atoms with E-state index in [9.17, 15) is 9.59 Å². The molecule has 190 valence electrons. The fraction of sp³-hybridized carbons (Fsp3) is 0.286. The summed E-state index contributed by atoms with van der Waals surface area (Å²) in [6.45, 7) is 8.53. The van der Waals surface area contributed by atoms with E-state index in [2.05, 4.69) is 11.9 Å². The van der Waals surface area contributed by atoms with Gasteiger partial charge in [-0.25, -0.2) is 9.59 Å². The predicted molar refractivity (Wildman–Crippen MR) is 137 cm³/mol. The van der Waals surface area contributed by atoms with Gasteiger partial charge in [0.15, 0.2) is 0 Å². The van der Waals surface area contributed by atoms with Crippen molar-refractivity contribution in [1.29, 1.82) is 0 Å². The van der Waals surface area contributed by atoms with Crippen molar-refractivity contribution in [2.75, 3.05) is 39.6 Å². The number of aryl methyl sites for hydroxylation is 1. The Labute approximate surface area is 210 Å². The van der Waals surface area contributed by atoms with Gasteiger partial charge in [0.2, 0.25) is 0 Å². The summed E-state index contributed by atoms with van der Waals surface area (Å²) >= 11 is 0. The number of esters is 1. The molecule has 0 aliphatic rings. The zero-order chi connectivity index (χ0) is 25.8. The summed E-state index contributed by atoms with van der Waals surface area (Å²) in [5.41, 5.74) is 1.09. The van der Waals surface area contributed by atoms with Gasteiger partial charge in [-0.1, -0.05) is 49.0 Å². The van der Waals surface area contributed by atoms with Crippen molar-refractivity contribution in [3.63, 3.8) is 0 Å². The number of amides is 1. The molecule has 0 bridgehead atoms. The minimum absolute atomic E-state index is 0.119. The van der Waals surface area contributed by atoms with Gasteiger partial charge in [-0.15, -0.1) is 0 Å². The van der Waals surface area contributed by atoms with Crippen molar-refractivity contribution in [2.24, 2.45) is 0 Å². The van der Waals surface area contributed by atoms with Crippen LogP contribution in [0.1, 0.15) is 12.5 Å². The summed E-state index contributed by atoms with van der Waals surface area (Å²) in [6, 6.07) is 19.0. The number of hydrogen-bond donors (Lipinski definition) is 1. The number of para-hydroxylation sites is 1. The van der Waals surface area contributed by atoms with Gasteiger partial charge >= 0.3 is 12.1 Å². The van der Waals surface area contributed by atoms with E-state index in [-0.39, 0.29) is 26.4 Å². The number of hydrogen-bond acceptors (Lipinski definition) is 7. The number of rotatable bonds is 13. The molecule has 36 heavy (non-hydrogen) atoms. The number of ether oxygens (including phenoxy) is 5. The maximum Gasteiger partial charge on any atom is 0.412 e. The lowest BCUT2D eigenvalue weighted by atomic mass is 10.0. The Hall–Kier alpha value is -4.04. The van der Waals surface area contributed by atoms with Crippen molar-refractivity contribution < 1.29 is 33.3 Å². The van der Waals surface area contributed by atoms with E-state index in [0.29, 0.717) is 30.3 Å². The zero-order valence-corrected chi connectivity index (χ0v) is 20.6. The number of benzene rings is 3. The zero-order valence-electron chi connectivity index (χ0n) is 20.6. The molecule has 0 heterocycles. The Bertz CT molecular complexity index is 1180. The minimum atomic E-state index is -0.592. The Morgan fingerprint density at radius 1 is 0.861 bits per heavy atom. The third-order valence-corrected chi connectivity index (χ3v) is 5.02. The SMILES string of the molecule is C=C(C)C(=O)OCCOCCNC(=O)Oc1c(C)cc(OCCOc2ccccc2)c2ccccc12. The molecule has 0 saturated carbocycles. The summed E-state index contributed by atoms with van der Waals surface area (Å²) in [7, 11) is 0. The van der Waals surface area contributed by atoms with Crippen LogP contribution < -0.4 is 19.5 Å². The van der Waals surface area contributed by atoms with Gasteiger partial charge in [-0.2, -0.15) is 0 Å². The van der Waals surface area contributed by atoms with Crippen LogP contribution in [0.4, 0.5) is 4.79 Å². The largest absolute Gasteiger partial charge is 0.490 e. The van der Waals surface area contributed by atoms with Crippen LogP contribution in [-0.4, -0.2) is 51.6 Å². The number of fused-ring (bicyclic) bond motifs is 1. The van der Waals surface area contributed by atoms with Crippen molar-refractivity contribution >= 4 is 22.8 Å². The predicted octanol–water partition coefficient (Wildman–Crippen LogP) is 4.83. The first-order valence-electron chi connectivity index (χ1n) is 11.6. The fourth-order valence-corrected chi connectivity index (χ4v) is 3.30. The number of carbonyl (C=O) groups excluding carboxylic acids is 2.